The van der Waals surface area contributed by atoms with Crippen molar-refractivity contribution in [3.63, 3.8) is 0 Å². The number of methoxy groups -OCH3 is 3. The van der Waals surface area contributed by atoms with Gasteiger partial charge in [-0.25, -0.2) is 0 Å². The van der Waals surface area contributed by atoms with Gasteiger partial charge in [0.15, 0.2) is 0 Å². The summed E-state index contributed by atoms with van der Waals surface area (Å²) in [6.07, 6.45) is 3.43. The van der Waals surface area contributed by atoms with Crippen LogP contribution in [0.25, 0.3) is 0 Å². The molecule has 0 aliphatic carbocycles. The molecule has 0 heterocycles. The molecule has 1 rings (SSSR count). The standard InChI is InChI=1S/C14H22O.C5H12O2/c1-5-13(11(2)3)10-12-6-8-14(15-4)9-7-12;1-6-4-3-5-7-2/h6-9,11,13H,5,10H2,1-4H3;3-5H2,1-2H3. The highest BCUT2D eigenvalue weighted by molar-refractivity contribution is 5.27. The number of benzene rings is 1. The summed E-state index contributed by atoms with van der Waals surface area (Å²) in [6.45, 7) is 8.48. The zero-order valence-electron chi connectivity index (χ0n) is 15.2. The summed E-state index contributed by atoms with van der Waals surface area (Å²) in [6, 6.07) is 8.43. The first kappa shape index (κ1) is 20.9. The second kappa shape index (κ2) is 13.6. The van der Waals surface area contributed by atoms with Gasteiger partial charge >= 0.3 is 0 Å². The van der Waals surface area contributed by atoms with Crippen molar-refractivity contribution in [3.05, 3.63) is 29.8 Å². The first-order chi connectivity index (χ1) is 10.6. The minimum Gasteiger partial charge on any atom is -0.497 e. The molecular formula is C19H34O3. The van der Waals surface area contributed by atoms with Crippen molar-refractivity contribution in [2.45, 2.75) is 40.0 Å². The van der Waals surface area contributed by atoms with Crippen LogP contribution in [0.15, 0.2) is 24.3 Å². The summed E-state index contributed by atoms with van der Waals surface area (Å²) >= 11 is 0. The molecule has 3 heteroatoms. The van der Waals surface area contributed by atoms with Gasteiger partial charge in [0.05, 0.1) is 7.11 Å². The maximum Gasteiger partial charge on any atom is 0.118 e. The Morgan fingerprint density at radius 1 is 0.909 bits per heavy atom. The van der Waals surface area contributed by atoms with Gasteiger partial charge < -0.3 is 14.2 Å². The highest BCUT2D eigenvalue weighted by Gasteiger charge is 2.11. The lowest BCUT2D eigenvalue weighted by Gasteiger charge is -2.18. The Labute approximate surface area is 137 Å². The highest BCUT2D eigenvalue weighted by atomic mass is 16.5. The Bertz CT molecular complexity index is 342. The number of hydrogen-bond donors (Lipinski definition) is 0. The Kier molecular flexibility index (Phi) is 12.9. The second-order valence-electron chi connectivity index (χ2n) is 5.80. The molecule has 0 saturated heterocycles. The van der Waals surface area contributed by atoms with E-state index in [0.717, 1.165) is 37.2 Å². The van der Waals surface area contributed by atoms with Crippen LogP contribution in [0, 0.1) is 11.8 Å². The Balaban J connectivity index is 0.000000534. The highest BCUT2D eigenvalue weighted by Crippen LogP contribution is 2.21. The molecule has 1 unspecified atom stereocenters. The average molecular weight is 310 g/mol. The third-order valence-corrected chi connectivity index (χ3v) is 3.82. The molecule has 0 aliphatic rings. The van der Waals surface area contributed by atoms with Crippen molar-refractivity contribution >= 4 is 0 Å². The maximum absolute atomic E-state index is 5.15. The van der Waals surface area contributed by atoms with E-state index in [2.05, 4.69) is 32.9 Å². The number of rotatable bonds is 9. The van der Waals surface area contributed by atoms with Crippen molar-refractivity contribution in [2.24, 2.45) is 11.8 Å². The SMILES string of the molecule is CCC(Cc1ccc(OC)cc1)C(C)C.COCCCOC. The van der Waals surface area contributed by atoms with Crippen LogP contribution in [0.1, 0.15) is 39.2 Å². The molecule has 128 valence electrons. The van der Waals surface area contributed by atoms with E-state index in [4.69, 9.17) is 14.2 Å². The molecule has 0 amide bonds. The quantitative estimate of drug-likeness (QED) is 0.624. The van der Waals surface area contributed by atoms with Crippen molar-refractivity contribution < 1.29 is 14.2 Å². The molecular weight excluding hydrogens is 276 g/mol. The topological polar surface area (TPSA) is 27.7 Å². The monoisotopic (exact) mass is 310 g/mol. The Hall–Kier alpha value is -1.06. The zero-order valence-corrected chi connectivity index (χ0v) is 15.2. The van der Waals surface area contributed by atoms with Gasteiger partial charge in [0.2, 0.25) is 0 Å². The van der Waals surface area contributed by atoms with Crippen LogP contribution in [-0.4, -0.2) is 34.5 Å². The minimum absolute atomic E-state index is 0.761. The third kappa shape index (κ3) is 9.80. The van der Waals surface area contributed by atoms with E-state index in [1.807, 2.05) is 12.1 Å². The third-order valence-electron chi connectivity index (χ3n) is 3.82. The Morgan fingerprint density at radius 3 is 1.82 bits per heavy atom. The van der Waals surface area contributed by atoms with Crippen LogP contribution < -0.4 is 4.74 Å². The molecule has 3 nitrogen and oxygen atoms in total. The van der Waals surface area contributed by atoms with Crippen LogP contribution in [0.3, 0.4) is 0 Å². The molecule has 0 saturated carbocycles. The minimum atomic E-state index is 0.761. The molecule has 0 fully saturated rings. The largest absolute Gasteiger partial charge is 0.497 e. The van der Waals surface area contributed by atoms with E-state index in [1.54, 1.807) is 21.3 Å². The Morgan fingerprint density at radius 2 is 1.45 bits per heavy atom. The lowest BCUT2D eigenvalue weighted by Crippen LogP contribution is -2.10. The predicted molar refractivity (Wildman–Crippen MR) is 93.7 cm³/mol. The molecule has 1 aromatic rings. The summed E-state index contributed by atoms with van der Waals surface area (Å²) < 4.78 is 14.7. The molecule has 22 heavy (non-hydrogen) atoms. The maximum atomic E-state index is 5.15. The van der Waals surface area contributed by atoms with Gasteiger partial charge in [-0.05, 0) is 42.4 Å². The lowest BCUT2D eigenvalue weighted by molar-refractivity contribution is 0.138. The molecule has 0 aliphatic heterocycles. The fraction of sp³-hybridized carbons (Fsp3) is 0.684. The summed E-state index contributed by atoms with van der Waals surface area (Å²) in [4.78, 5) is 0. The van der Waals surface area contributed by atoms with Crippen LogP contribution in [0.2, 0.25) is 0 Å². The fourth-order valence-electron chi connectivity index (χ4n) is 2.26. The number of ether oxygens (including phenoxy) is 3. The summed E-state index contributed by atoms with van der Waals surface area (Å²) in [5.74, 6) is 2.49. The molecule has 0 radical (unpaired) electrons. The van der Waals surface area contributed by atoms with E-state index in [-0.39, 0.29) is 0 Å². The normalized spacial score (nSPS) is 11.8. The average Bonchev–Trinajstić information content (AvgIpc) is 2.54. The van der Waals surface area contributed by atoms with Gasteiger partial charge in [-0.2, -0.15) is 0 Å². The molecule has 0 bridgehead atoms. The van der Waals surface area contributed by atoms with Gasteiger partial charge in [-0.3, -0.25) is 0 Å². The molecule has 0 N–H and O–H groups in total. The second-order valence-corrected chi connectivity index (χ2v) is 5.80. The van der Waals surface area contributed by atoms with Gasteiger partial charge in [0.25, 0.3) is 0 Å². The van der Waals surface area contributed by atoms with Gasteiger partial charge in [0.1, 0.15) is 5.75 Å². The van der Waals surface area contributed by atoms with Gasteiger partial charge in [-0.1, -0.05) is 39.3 Å². The smallest absolute Gasteiger partial charge is 0.118 e. The van der Waals surface area contributed by atoms with Crippen LogP contribution >= 0.6 is 0 Å². The first-order valence-electron chi connectivity index (χ1n) is 8.19. The molecule has 1 atom stereocenters. The summed E-state index contributed by atoms with van der Waals surface area (Å²) in [7, 11) is 5.09. The summed E-state index contributed by atoms with van der Waals surface area (Å²) in [5, 5.41) is 0. The van der Waals surface area contributed by atoms with Crippen LogP contribution in [-0.2, 0) is 15.9 Å². The van der Waals surface area contributed by atoms with E-state index >= 15 is 0 Å². The predicted octanol–water partition coefficient (Wildman–Crippen LogP) is 4.59. The van der Waals surface area contributed by atoms with Gasteiger partial charge in [0, 0.05) is 27.4 Å². The van der Waals surface area contributed by atoms with Crippen LogP contribution in [0.4, 0.5) is 0 Å². The zero-order chi connectivity index (χ0) is 16.8. The van der Waals surface area contributed by atoms with Crippen molar-refractivity contribution in [1.82, 2.24) is 0 Å². The van der Waals surface area contributed by atoms with Crippen molar-refractivity contribution in [3.8, 4) is 5.75 Å². The van der Waals surface area contributed by atoms with E-state index in [9.17, 15) is 0 Å². The molecule has 1 aromatic carbocycles. The lowest BCUT2D eigenvalue weighted by atomic mass is 9.87. The molecule has 0 aromatic heterocycles. The van der Waals surface area contributed by atoms with E-state index in [1.165, 1.54) is 18.4 Å². The van der Waals surface area contributed by atoms with Crippen molar-refractivity contribution in [2.75, 3.05) is 34.5 Å². The van der Waals surface area contributed by atoms with E-state index < -0.39 is 0 Å². The fourth-order valence-corrected chi connectivity index (χ4v) is 2.26. The van der Waals surface area contributed by atoms with Crippen LogP contribution in [0.5, 0.6) is 5.75 Å². The first-order valence-corrected chi connectivity index (χ1v) is 8.19. The van der Waals surface area contributed by atoms with E-state index in [0.29, 0.717) is 0 Å². The summed E-state index contributed by atoms with van der Waals surface area (Å²) in [5.41, 5.74) is 1.41. The molecule has 0 spiro atoms. The van der Waals surface area contributed by atoms with Crippen molar-refractivity contribution in [1.29, 1.82) is 0 Å². The van der Waals surface area contributed by atoms with Gasteiger partial charge in [-0.15, -0.1) is 0 Å². The number of hydrogen-bond acceptors (Lipinski definition) is 3.